The van der Waals surface area contributed by atoms with Crippen LogP contribution < -0.4 is 0 Å². The first-order chi connectivity index (χ1) is 6.99. The van der Waals surface area contributed by atoms with Crippen molar-refractivity contribution in [3.63, 3.8) is 0 Å². The zero-order valence-corrected chi connectivity index (χ0v) is 9.28. The molecule has 0 aliphatic carbocycles. The molecular formula is C10H11NO3S. The van der Waals surface area contributed by atoms with Crippen molar-refractivity contribution in [2.75, 3.05) is 0 Å². The summed E-state index contributed by atoms with van der Waals surface area (Å²) >= 11 is 0. The van der Waals surface area contributed by atoms with Crippen molar-refractivity contribution in [2.24, 2.45) is 4.40 Å². The number of sulfonamides is 1. The van der Waals surface area contributed by atoms with Gasteiger partial charge in [0.25, 0.3) is 16.1 Å². The van der Waals surface area contributed by atoms with Gasteiger partial charge < -0.3 is 0 Å². The Bertz CT molecular complexity index is 499. The van der Waals surface area contributed by atoms with Crippen LogP contribution in [-0.2, 0) is 14.8 Å². The van der Waals surface area contributed by atoms with E-state index in [9.17, 15) is 13.2 Å². The van der Waals surface area contributed by atoms with E-state index in [0.717, 1.165) is 6.08 Å². The molecule has 15 heavy (non-hydrogen) atoms. The molecule has 0 saturated carbocycles. The van der Waals surface area contributed by atoms with Crippen molar-refractivity contribution in [3.8, 4) is 0 Å². The van der Waals surface area contributed by atoms with E-state index < -0.39 is 10.0 Å². The SMILES string of the molecule is CC(C)c1ccccc1S(=O)(=O)N=C=O. The average molecular weight is 225 g/mol. The zero-order valence-electron chi connectivity index (χ0n) is 8.47. The van der Waals surface area contributed by atoms with E-state index >= 15 is 0 Å². The van der Waals surface area contributed by atoms with E-state index in [2.05, 4.69) is 4.40 Å². The first-order valence-electron chi connectivity index (χ1n) is 4.42. The van der Waals surface area contributed by atoms with Crippen LogP contribution in [0, 0.1) is 0 Å². The Kier molecular flexibility index (Phi) is 3.39. The minimum Gasteiger partial charge on any atom is -0.210 e. The van der Waals surface area contributed by atoms with Crippen molar-refractivity contribution in [2.45, 2.75) is 24.7 Å². The standard InChI is InChI=1S/C10H11NO3S/c1-8(2)9-5-3-4-6-10(9)15(13,14)11-7-12/h3-6,8H,1-2H3. The first-order valence-corrected chi connectivity index (χ1v) is 5.86. The maximum atomic E-state index is 11.5. The van der Waals surface area contributed by atoms with E-state index in [1.165, 1.54) is 6.07 Å². The van der Waals surface area contributed by atoms with E-state index in [1.807, 2.05) is 13.8 Å². The Morgan fingerprint density at radius 1 is 1.27 bits per heavy atom. The minimum absolute atomic E-state index is 0.0535. The van der Waals surface area contributed by atoms with Gasteiger partial charge in [-0.15, -0.1) is 0 Å². The molecule has 80 valence electrons. The first kappa shape index (κ1) is 11.6. The predicted octanol–water partition coefficient (Wildman–Crippen LogP) is 1.83. The maximum absolute atomic E-state index is 11.5. The fourth-order valence-corrected chi connectivity index (χ4v) is 2.34. The Hall–Kier alpha value is -1.45. The van der Waals surface area contributed by atoms with E-state index in [1.54, 1.807) is 18.2 Å². The largest absolute Gasteiger partial charge is 0.292 e. The Morgan fingerprint density at radius 2 is 1.87 bits per heavy atom. The molecule has 5 heteroatoms. The summed E-state index contributed by atoms with van der Waals surface area (Å²) in [6.07, 6.45) is 1.06. The molecule has 1 aromatic rings. The molecule has 0 bridgehead atoms. The topological polar surface area (TPSA) is 63.6 Å². The summed E-state index contributed by atoms with van der Waals surface area (Å²) in [5, 5.41) is 0. The lowest BCUT2D eigenvalue weighted by atomic mass is 10.0. The zero-order chi connectivity index (χ0) is 11.5. The van der Waals surface area contributed by atoms with Gasteiger partial charge >= 0.3 is 0 Å². The predicted molar refractivity (Wildman–Crippen MR) is 55.8 cm³/mol. The van der Waals surface area contributed by atoms with Gasteiger partial charge in [-0.1, -0.05) is 36.4 Å². The molecule has 0 radical (unpaired) electrons. The summed E-state index contributed by atoms with van der Waals surface area (Å²) < 4.78 is 25.9. The fourth-order valence-electron chi connectivity index (χ4n) is 1.29. The van der Waals surface area contributed by atoms with E-state index in [-0.39, 0.29) is 10.8 Å². The third kappa shape index (κ3) is 2.52. The third-order valence-electron chi connectivity index (χ3n) is 1.98. The molecule has 0 heterocycles. The number of hydrogen-bond acceptors (Lipinski definition) is 3. The van der Waals surface area contributed by atoms with Gasteiger partial charge in [-0.2, -0.15) is 8.42 Å². The highest BCUT2D eigenvalue weighted by atomic mass is 32.2. The molecule has 0 amide bonds. The van der Waals surface area contributed by atoms with E-state index in [4.69, 9.17) is 0 Å². The number of hydrogen-bond donors (Lipinski definition) is 0. The molecule has 0 N–H and O–H groups in total. The van der Waals surface area contributed by atoms with Crippen LogP contribution in [0.25, 0.3) is 0 Å². The molecule has 0 spiro atoms. The minimum atomic E-state index is -3.88. The van der Waals surface area contributed by atoms with Gasteiger partial charge in [0.15, 0.2) is 0 Å². The number of benzene rings is 1. The number of carbonyl (C=O) groups excluding carboxylic acids is 1. The molecular weight excluding hydrogens is 214 g/mol. The second-order valence-electron chi connectivity index (χ2n) is 3.35. The van der Waals surface area contributed by atoms with Crippen molar-refractivity contribution in [1.29, 1.82) is 0 Å². The van der Waals surface area contributed by atoms with Gasteiger partial charge in [0.2, 0.25) is 0 Å². The van der Waals surface area contributed by atoms with Crippen LogP contribution in [0.1, 0.15) is 25.3 Å². The van der Waals surface area contributed by atoms with Gasteiger partial charge in [0, 0.05) is 0 Å². The number of isocyanates is 1. The Balaban J connectivity index is 3.44. The molecule has 0 aromatic heterocycles. The summed E-state index contributed by atoms with van der Waals surface area (Å²) in [5.41, 5.74) is 0.650. The van der Waals surface area contributed by atoms with Crippen molar-refractivity contribution < 1.29 is 13.2 Å². The number of rotatable bonds is 3. The monoisotopic (exact) mass is 225 g/mol. The van der Waals surface area contributed by atoms with Gasteiger partial charge in [0.05, 0.1) is 4.90 Å². The number of nitrogens with zero attached hydrogens (tertiary/aromatic N) is 1. The van der Waals surface area contributed by atoms with Crippen LogP contribution in [-0.4, -0.2) is 14.5 Å². The third-order valence-corrected chi connectivity index (χ3v) is 3.22. The van der Waals surface area contributed by atoms with Crippen LogP contribution in [0.3, 0.4) is 0 Å². The summed E-state index contributed by atoms with van der Waals surface area (Å²) in [4.78, 5) is 10.1. The summed E-state index contributed by atoms with van der Waals surface area (Å²) in [6, 6.07) is 6.49. The van der Waals surface area contributed by atoms with Crippen LogP contribution in [0.4, 0.5) is 0 Å². The Morgan fingerprint density at radius 3 is 2.40 bits per heavy atom. The average Bonchev–Trinajstić information content (AvgIpc) is 2.17. The molecule has 0 aliphatic rings. The fraction of sp³-hybridized carbons (Fsp3) is 0.300. The summed E-state index contributed by atoms with van der Waals surface area (Å²) in [6.45, 7) is 3.75. The highest BCUT2D eigenvalue weighted by Crippen LogP contribution is 2.24. The molecule has 0 aliphatic heterocycles. The van der Waals surface area contributed by atoms with Gasteiger partial charge in [0.1, 0.15) is 0 Å². The van der Waals surface area contributed by atoms with Crippen LogP contribution in [0.15, 0.2) is 33.6 Å². The molecule has 4 nitrogen and oxygen atoms in total. The summed E-state index contributed by atoms with van der Waals surface area (Å²) in [7, 11) is -3.88. The second-order valence-corrected chi connectivity index (χ2v) is 4.92. The molecule has 1 rings (SSSR count). The quantitative estimate of drug-likeness (QED) is 0.582. The molecule has 0 unspecified atom stereocenters. The van der Waals surface area contributed by atoms with Gasteiger partial charge in [-0.3, -0.25) is 0 Å². The lowest BCUT2D eigenvalue weighted by Crippen LogP contribution is -2.02. The molecule has 0 atom stereocenters. The van der Waals surface area contributed by atoms with Crippen LogP contribution >= 0.6 is 0 Å². The molecule has 0 fully saturated rings. The smallest absolute Gasteiger partial charge is 0.210 e. The Labute approximate surface area is 88.7 Å². The van der Waals surface area contributed by atoms with Crippen LogP contribution in [0.5, 0.6) is 0 Å². The maximum Gasteiger partial charge on any atom is 0.292 e. The van der Waals surface area contributed by atoms with Gasteiger partial charge in [-0.25, -0.2) is 4.79 Å². The lowest BCUT2D eigenvalue weighted by molar-refractivity contribution is 0.563. The normalized spacial score (nSPS) is 11.1. The summed E-state index contributed by atoms with van der Waals surface area (Å²) in [5.74, 6) is 0.0535. The highest BCUT2D eigenvalue weighted by Gasteiger charge is 2.18. The van der Waals surface area contributed by atoms with Crippen molar-refractivity contribution in [3.05, 3.63) is 29.8 Å². The molecule has 1 aromatic carbocycles. The van der Waals surface area contributed by atoms with E-state index in [0.29, 0.717) is 5.56 Å². The lowest BCUT2D eigenvalue weighted by Gasteiger charge is -2.09. The second kappa shape index (κ2) is 4.38. The van der Waals surface area contributed by atoms with Crippen molar-refractivity contribution in [1.82, 2.24) is 0 Å². The highest BCUT2D eigenvalue weighted by molar-refractivity contribution is 7.90. The van der Waals surface area contributed by atoms with Gasteiger partial charge in [-0.05, 0) is 17.5 Å². The van der Waals surface area contributed by atoms with Crippen molar-refractivity contribution >= 4 is 16.1 Å². The molecule has 0 saturated heterocycles. The van der Waals surface area contributed by atoms with Crippen LogP contribution in [0.2, 0.25) is 0 Å².